The van der Waals surface area contributed by atoms with Crippen molar-refractivity contribution in [1.29, 1.82) is 0 Å². The summed E-state index contributed by atoms with van der Waals surface area (Å²) in [7, 11) is 0. The SMILES string of the molecule is O=C(CNC(=O)c1cccs1)Nc1ncn[nH]1. The third kappa shape index (κ3) is 3.11. The first-order chi connectivity index (χ1) is 8.25. The van der Waals surface area contributed by atoms with Crippen LogP contribution in [0.2, 0.25) is 0 Å². The van der Waals surface area contributed by atoms with Crippen LogP contribution in [-0.2, 0) is 4.79 Å². The van der Waals surface area contributed by atoms with Gasteiger partial charge in [0.1, 0.15) is 6.33 Å². The number of aromatic amines is 1. The molecule has 0 unspecified atom stereocenters. The van der Waals surface area contributed by atoms with Gasteiger partial charge in [-0.15, -0.1) is 11.3 Å². The second-order valence-electron chi connectivity index (χ2n) is 3.04. The van der Waals surface area contributed by atoms with E-state index in [2.05, 4.69) is 25.8 Å². The highest BCUT2D eigenvalue weighted by Crippen LogP contribution is 2.07. The van der Waals surface area contributed by atoms with E-state index in [9.17, 15) is 9.59 Å². The number of anilines is 1. The zero-order chi connectivity index (χ0) is 12.1. The maximum atomic E-state index is 11.5. The summed E-state index contributed by atoms with van der Waals surface area (Å²) in [6, 6.07) is 3.46. The normalized spacial score (nSPS) is 9.88. The van der Waals surface area contributed by atoms with E-state index in [1.165, 1.54) is 17.7 Å². The molecule has 0 saturated heterocycles. The van der Waals surface area contributed by atoms with Crippen LogP contribution in [0.3, 0.4) is 0 Å². The number of aromatic nitrogens is 3. The Morgan fingerprint density at radius 1 is 1.47 bits per heavy atom. The zero-order valence-electron chi connectivity index (χ0n) is 8.64. The average molecular weight is 251 g/mol. The van der Waals surface area contributed by atoms with Crippen molar-refractivity contribution in [1.82, 2.24) is 20.5 Å². The Morgan fingerprint density at radius 3 is 3.00 bits per heavy atom. The van der Waals surface area contributed by atoms with Crippen molar-refractivity contribution in [2.45, 2.75) is 0 Å². The highest BCUT2D eigenvalue weighted by molar-refractivity contribution is 7.12. The van der Waals surface area contributed by atoms with Crippen LogP contribution in [0.25, 0.3) is 0 Å². The molecule has 0 atom stereocenters. The van der Waals surface area contributed by atoms with E-state index in [1.807, 2.05) is 0 Å². The smallest absolute Gasteiger partial charge is 0.261 e. The van der Waals surface area contributed by atoms with Gasteiger partial charge in [0.15, 0.2) is 0 Å². The van der Waals surface area contributed by atoms with Gasteiger partial charge in [0, 0.05) is 0 Å². The number of amides is 2. The van der Waals surface area contributed by atoms with Gasteiger partial charge < -0.3 is 5.32 Å². The largest absolute Gasteiger partial charge is 0.342 e. The number of carbonyl (C=O) groups excluding carboxylic acids is 2. The van der Waals surface area contributed by atoms with Crippen LogP contribution in [0.4, 0.5) is 5.95 Å². The van der Waals surface area contributed by atoms with Crippen molar-refractivity contribution in [2.75, 3.05) is 11.9 Å². The van der Waals surface area contributed by atoms with Crippen molar-refractivity contribution in [2.24, 2.45) is 0 Å². The molecule has 0 fully saturated rings. The molecule has 0 spiro atoms. The maximum absolute atomic E-state index is 11.5. The molecule has 0 aliphatic rings. The van der Waals surface area contributed by atoms with E-state index in [0.717, 1.165) is 0 Å². The van der Waals surface area contributed by atoms with Gasteiger partial charge in [0.25, 0.3) is 5.91 Å². The topological polar surface area (TPSA) is 99.8 Å². The average Bonchev–Trinajstić information content (AvgIpc) is 2.97. The predicted molar refractivity (Wildman–Crippen MR) is 61.7 cm³/mol. The van der Waals surface area contributed by atoms with E-state index < -0.39 is 0 Å². The minimum atomic E-state index is -0.369. The predicted octanol–water partition coefficient (Wildman–Crippen LogP) is 0.235. The lowest BCUT2D eigenvalue weighted by Crippen LogP contribution is -2.32. The Balaban J connectivity index is 1.79. The van der Waals surface area contributed by atoms with Crippen LogP contribution in [-0.4, -0.2) is 33.5 Å². The number of nitrogens with zero attached hydrogens (tertiary/aromatic N) is 2. The number of thiophene rings is 1. The molecule has 0 bridgehead atoms. The molecule has 0 aromatic carbocycles. The fourth-order valence-corrected chi connectivity index (χ4v) is 1.74. The second-order valence-corrected chi connectivity index (χ2v) is 3.99. The van der Waals surface area contributed by atoms with Gasteiger partial charge >= 0.3 is 0 Å². The lowest BCUT2D eigenvalue weighted by atomic mass is 10.4. The quantitative estimate of drug-likeness (QED) is 0.724. The van der Waals surface area contributed by atoms with Crippen LogP contribution >= 0.6 is 11.3 Å². The first-order valence-electron chi connectivity index (χ1n) is 4.72. The molecule has 0 aliphatic carbocycles. The molecule has 2 aromatic rings. The fourth-order valence-electron chi connectivity index (χ4n) is 1.10. The van der Waals surface area contributed by atoms with Gasteiger partial charge in [-0.3, -0.25) is 14.9 Å². The van der Waals surface area contributed by atoms with Gasteiger partial charge in [0.2, 0.25) is 11.9 Å². The molecule has 2 rings (SSSR count). The Kier molecular flexibility index (Phi) is 3.46. The molecule has 2 aromatic heterocycles. The Morgan fingerprint density at radius 2 is 2.35 bits per heavy atom. The minimum absolute atomic E-state index is 0.114. The van der Waals surface area contributed by atoms with Crippen molar-refractivity contribution in [3.63, 3.8) is 0 Å². The number of carbonyl (C=O) groups is 2. The van der Waals surface area contributed by atoms with E-state index in [-0.39, 0.29) is 24.3 Å². The Labute approximate surface area is 100 Å². The third-order valence-corrected chi connectivity index (χ3v) is 2.70. The molecule has 7 nitrogen and oxygen atoms in total. The summed E-state index contributed by atoms with van der Waals surface area (Å²) in [5.41, 5.74) is 0. The first kappa shape index (κ1) is 11.3. The number of nitrogens with one attached hydrogen (secondary N) is 3. The van der Waals surface area contributed by atoms with Crippen molar-refractivity contribution >= 4 is 29.1 Å². The Bertz CT molecular complexity index is 493. The molecule has 8 heteroatoms. The van der Waals surface area contributed by atoms with Crippen molar-refractivity contribution < 1.29 is 9.59 Å². The molecule has 88 valence electrons. The molecule has 0 saturated carbocycles. The standard InChI is InChI=1S/C9H9N5O2S/c15-7(13-9-11-5-12-14-9)4-10-8(16)6-2-1-3-17-6/h1-3,5H,4H2,(H,10,16)(H2,11,12,13,14,15). The summed E-state index contributed by atoms with van der Waals surface area (Å²) in [5, 5.41) is 12.8. The van der Waals surface area contributed by atoms with Crippen molar-refractivity contribution in [3.8, 4) is 0 Å². The summed E-state index contributed by atoms with van der Waals surface area (Å²) in [6.07, 6.45) is 1.28. The number of hydrogen-bond donors (Lipinski definition) is 3. The van der Waals surface area contributed by atoms with Gasteiger partial charge in [-0.2, -0.15) is 10.1 Å². The Hall–Kier alpha value is -2.22. The molecule has 0 aliphatic heterocycles. The monoisotopic (exact) mass is 251 g/mol. The molecule has 17 heavy (non-hydrogen) atoms. The lowest BCUT2D eigenvalue weighted by molar-refractivity contribution is -0.115. The number of rotatable bonds is 4. The molecule has 3 N–H and O–H groups in total. The van der Waals surface area contributed by atoms with Gasteiger partial charge in [-0.25, -0.2) is 5.10 Å². The van der Waals surface area contributed by atoms with Crippen LogP contribution < -0.4 is 10.6 Å². The molecule has 0 radical (unpaired) electrons. The lowest BCUT2D eigenvalue weighted by Gasteiger charge is -2.03. The first-order valence-corrected chi connectivity index (χ1v) is 5.60. The van der Waals surface area contributed by atoms with Gasteiger partial charge in [0.05, 0.1) is 11.4 Å². The van der Waals surface area contributed by atoms with E-state index >= 15 is 0 Å². The molecular formula is C9H9N5O2S. The van der Waals surface area contributed by atoms with E-state index in [1.54, 1.807) is 17.5 Å². The van der Waals surface area contributed by atoms with E-state index in [0.29, 0.717) is 4.88 Å². The second kappa shape index (κ2) is 5.21. The van der Waals surface area contributed by atoms with Crippen LogP contribution in [0, 0.1) is 0 Å². The summed E-state index contributed by atoms with van der Waals surface area (Å²) < 4.78 is 0. The summed E-state index contributed by atoms with van der Waals surface area (Å²) in [4.78, 5) is 27.2. The van der Waals surface area contributed by atoms with Crippen LogP contribution in [0.5, 0.6) is 0 Å². The molecule has 2 heterocycles. The third-order valence-electron chi connectivity index (χ3n) is 1.83. The maximum Gasteiger partial charge on any atom is 0.261 e. The number of H-pyrrole nitrogens is 1. The fraction of sp³-hybridized carbons (Fsp3) is 0.111. The number of hydrogen-bond acceptors (Lipinski definition) is 5. The summed E-state index contributed by atoms with van der Waals surface area (Å²) in [5.74, 6) is -0.389. The van der Waals surface area contributed by atoms with Crippen LogP contribution in [0.1, 0.15) is 9.67 Å². The van der Waals surface area contributed by atoms with Crippen molar-refractivity contribution in [3.05, 3.63) is 28.7 Å². The van der Waals surface area contributed by atoms with Gasteiger partial charge in [-0.05, 0) is 11.4 Å². The highest BCUT2D eigenvalue weighted by Gasteiger charge is 2.09. The minimum Gasteiger partial charge on any atom is -0.342 e. The summed E-state index contributed by atoms with van der Waals surface area (Å²) in [6.45, 7) is -0.114. The van der Waals surface area contributed by atoms with E-state index in [4.69, 9.17) is 0 Å². The zero-order valence-corrected chi connectivity index (χ0v) is 9.45. The summed E-state index contributed by atoms with van der Waals surface area (Å²) >= 11 is 1.32. The molecule has 2 amide bonds. The van der Waals surface area contributed by atoms with Gasteiger partial charge in [-0.1, -0.05) is 6.07 Å². The highest BCUT2D eigenvalue weighted by atomic mass is 32.1. The molecular weight excluding hydrogens is 242 g/mol. The van der Waals surface area contributed by atoms with Crippen LogP contribution in [0.15, 0.2) is 23.8 Å².